The summed E-state index contributed by atoms with van der Waals surface area (Å²) in [6, 6.07) is -0.295. The monoisotopic (exact) mass is 198 g/mol. The normalized spacial score (nSPS) is 9.31. The van der Waals surface area contributed by atoms with E-state index in [-0.39, 0.29) is 6.03 Å². The molecule has 6 heteroatoms. The van der Waals surface area contributed by atoms with Crippen LogP contribution < -0.4 is 10.6 Å². The van der Waals surface area contributed by atoms with Crippen LogP contribution in [0.25, 0.3) is 0 Å². The van der Waals surface area contributed by atoms with Crippen molar-refractivity contribution in [2.45, 2.75) is 6.92 Å². The van der Waals surface area contributed by atoms with Gasteiger partial charge in [-0.1, -0.05) is 17.4 Å². The molecule has 1 heterocycles. The minimum Gasteiger partial charge on any atom is -0.334 e. The molecule has 1 rings (SSSR count). The van der Waals surface area contributed by atoms with Crippen LogP contribution >= 0.6 is 11.3 Å². The Balaban J connectivity index is 2.40. The molecule has 70 valence electrons. The van der Waals surface area contributed by atoms with E-state index in [2.05, 4.69) is 27.4 Å². The molecule has 5 nitrogen and oxygen atoms in total. The summed E-state index contributed by atoms with van der Waals surface area (Å²) in [4.78, 5) is 11.0. The summed E-state index contributed by atoms with van der Waals surface area (Å²) in [5.74, 6) is 0. The number of nitrogens with zero attached hydrogens (tertiary/aromatic N) is 2. The quantitative estimate of drug-likeness (QED) is 0.716. The lowest BCUT2D eigenvalue weighted by atomic mass is 10.6. The van der Waals surface area contributed by atoms with Crippen LogP contribution in [0.4, 0.5) is 9.93 Å². The predicted molar refractivity (Wildman–Crippen MR) is 51.9 cm³/mol. The third-order valence-corrected chi connectivity index (χ3v) is 1.91. The summed E-state index contributed by atoms with van der Waals surface area (Å²) in [7, 11) is 0. The van der Waals surface area contributed by atoms with Crippen LogP contribution in [0.2, 0.25) is 0 Å². The summed E-state index contributed by atoms with van der Waals surface area (Å²) < 4.78 is 0. The van der Waals surface area contributed by atoms with Gasteiger partial charge >= 0.3 is 6.03 Å². The SMILES string of the molecule is C=CCNC(=O)Nc1nnc(C)s1. The first-order valence-electron chi connectivity index (χ1n) is 3.68. The number of anilines is 1. The topological polar surface area (TPSA) is 66.9 Å². The van der Waals surface area contributed by atoms with E-state index >= 15 is 0 Å². The van der Waals surface area contributed by atoms with Crippen LogP contribution in [0.5, 0.6) is 0 Å². The Bertz CT molecular complexity index is 309. The van der Waals surface area contributed by atoms with Crippen molar-refractivity contribution in [3.8, 4) is 0 Å². The van der Waals surface area contributed by atoms with Gasteiger partial charge in [0, 0.05) is 6.54 Å². The third kappa shape index (κ3) is 3.20. The lowest BCUT2D eigenvalue weighted by molar-refractivity contribution is 0.253. The molecule has 0 fully saturated rings. The van der Waals surface area contributed by atoms with Gasteiger partial charge in [-0.25, -0.2) is 4.79 Å². The van der Waals surface area contributed by atoms with Gasteiger partial charge < -0.3 is 5.32 Å². The zero-order chi connectivity index (χ0) is 9.68. The van der Waals surface area contributed by atoms with Crippen molar-refractivity contribution in [2.24, 2.45) is 0 Å². The molecule has 0 atom stereocenters. The van der Waals surface area contributed by atoms with Crippen molar-refractivity contribution >= 4 is 22.5 Å². The number of carbonyl (C=O) groups is 1. The average Bonchev–Trinajstić information content (AvgIpc) is 2.48. The highest BCUT2D eigenvalue weighted by molar-refractivity contribution is 7.15. The number of amides is 2. The Morgan fingerprint density at radius 3 is 3.00 bits per heavy atom. The molecule has 13 heavy (non-hydrogen) atoms. The van der Waals surface area contributed by atoms with Crippen LogP contribution in [0.15, 0.2) is 12.7 Å². The maximum atomic E-state index is 11.0. The fourth-order valence-corrected chi connectivity index (χ4v) is 1.24. The molecule has 0 bridgehead atoms. The minimum absolute atomic E-state index is 0.295. The Morgan fingerprint density at radius 1 is 1.69 bits per heavy atom. The molecule has 0 radical (unpaired) electrons. The molecule has 0 aliphatic rings. The largest absolute Gasteiger partial charge is 0.334 e. The van der Waals surface area contributed by atoms with E-state index in [1.165, 1.54) is 11.3 Å². The van der Waals surface area contributed by atoms with Crippen molar-refractivity contribution in [1.29, 1.82) is 0 Å². The molecule has 1 aromatic heterocycles. The zero-order valence-corrected chi connectivity index (χ0v) is 8.02. The maximum absolute atomic E-state index is 11.0. The second-order valence-corrected chi connectivity index (χ2v) is 3.43. The molecule has 0 saturated heterocycles. The highest BCUT2D eigenvalue weighted by atomic mass is 32.1. The van der Waals surface area contributed by atoms with Crippen LogP contribution in [-0.2, 0) is 0 Å². The van der Waals surface area contributed by atoms with Gasteiger partial charge in [0.15, 0.2) is 0 Å². The van der Waals surface area contributed by atoms with E-state index in [0.717, 1.165) is 5.01 Å². The van der Waals surface area contributed by atoms with E-state index in [0.29, 0.717) is 11.7 Å². The molecule has 1 aromatic rings. The Kier molecular flexibility index (Phi) is 3.39. The van der Waals surface area contributed by atoms with Crippen LogP contribution in [0, 0.1) is 6.92 Å². The van der Waals surface area contributed by atoms with Gasteiger partial charge in [-0.2, -0.15) is 0 Å². The van der Waals surface area contributed by atoms with Gasteiger partial charge in [-0.3, -0.25) is 5.32 Å². The Labute approximate surface area is 79.9 Å². The maximum Gasteiger partial charge on any atom is 0.321 e. The number of nitrogens with one attached hydrogen (secondary N) is 2. The second kappa shape index (κ2) is 4.56. The van der Waals surface area contributed by atoms with E-state index in [1.54, 1.807) is 6.08 Å². The van der Waals surface area contributed by atoms with Gasteiger partial charge in [0.2, 0.25) is 5.13 Å². The third-order valence-electron chi connectivity index (χ3n) is 1.15. The summed E-state index contributed by atoms with van der Waals surface area (Å²) in [5.41, 5.74) is 0. The van der Waals surface area contributed by atoms with Crippen LogP contribution in [0.1, 0.15) is 5.01 Å². The molecule has 0 aliphatic heterocycles. The van der Waals surface area contributed by atoms with Crippen molar-refractivity contribution < 1.29 is 4.79 Å². The number of hydrogen-bond acceptors (Lipinski definition) is 4. The Morgan fingerprint density at radius 2 is 2.46 bits per heavy atom. The van der Waals surface area contributed by atoms with E-state index in [1.807, 2.05) is 6.92 Å². The fraction of sp³-hybridized carbons (Fsp3) is 0.286. The van der Waals surface area contributed by atoms with Crippen molar-refractivity contribution in [1.82, 2.24) is 15.5 Å². The van der Waals surface area contributed by atoms with Crippen molar-refractivity contribution in [3.05, 3.63) is 17.7 Å². The minimum atomic E-state index is -0.295. The molecule has 0 saturated carbocycles. The van der Waals surface area contributed by atoms with Crippen LogP contribution in [0.3, 0.4) is 0 Å². The van der Waals surface area contributed by atoms with Gasteiger partial charge in [-0.15, -0.1) is 16.8 Å². The molecule has 2 amide bonds. The molecular formula is C7H10N4OS. The fourth-order valence-electron chi connectivity index (χ4n) is 0.653. The van der Waals surface area contributed by atoms with Gasteiger partial charge in [0.1, 0.15) is 5.01 Å². The number of aromatic nitrogens is 2. The second-order valence-electron chi connectivity index (χ2n) is 2.25. The zero-order valence-electron chi connectivity index (χ0n) is 7.20. The average molecular weight is 198 g/mol. The number of carbonyl (C=O) groups excluding carboxylic acids is 1. The summed E-state index contributed by atoms with van der Waals surface area (Å²) >= 11 is 1.33. The predicted octanol–water partition coefficient (Wildman–Crippen LogP) is 1.15. The number of urea groups is 1. The van der Waals surface area contributed by atoms with E-state index in [9.17, 15) is 4.79 Å². The van der Waals surface area contributed by atoms with Crippen molar-refractivity contribution in [3.63, 3.8) is 0 Å². The molecular weight excluding hydrogens is 188 g/mol. The molecule has 2 N–H and O–H groups in total. The number of aryl methyl sites for hydroxylation is 1. The summed E-state index contributed by atoms with van der Waals surface area (Å²) in [6.45, 7) is 5.73. The first-order valence-corrected chi connectivity index (χ1v) is 4.50. The lowest BCUT2D eigenvalue weighted by Gasteiger charge is -2.00. The van der Waals surface area contributed by atoms with Crippen LogP contribution in [-0.4, -0.2) is 22.8 Å². The molecule has 0 spiro atoms. The van der Waals surface area contributed by atoms with E-state index < -0.39 is 0 Å². The van der Waals surface area contributed by atoms with Crippen molar-refractivity contribution in [2.75, 3.05) is 11.9 Å². The summed E-state index contributed by atoms with van der Waals surface area (Å²) in [5, 5.41) is 13.9. The lowest BCUT2D eigenvalue weighted by Crippen LogP contribution is -2.28. The highest BCUT2D eigenvalue weighted by Crippen LogP contribution is 2.12. The standard InChI is InChI=1S/C7H10N4OS/c1-3-4-8-6(12)9-7-11-10-5(2)13-7/h3H,1,4H2,2H3,(H2,8,9,11,12). The molecule has 0 aromatic carbocycles. The Hall–Kier alpha value is -1.43. The van der Waals surface area contributed by atoms with Gasteiger partial charge in [0.05, 0.1) is 0 Å². The smallest absolute Gasteiger partial charge is 0.321 e. The van der Waals surface area contributed by atoms with E-state index in [4.69, 9.17) is 0 Å². The highest BCUT2D eigenvalue weighted by Gasteiger charge is 2.03. The number of hydrogen-bond donors (Lipinski definition) is 2. The molecule has 0 unspecified atom stereocenters. The molecule has 0 aliphatic carbocycles. The van der Waals surface area contributed by atoms with Gasteiger partial charge in [0.25, 0.3) is 0 Å². The number of rotatable bonds is 3. The van der Waals surface area contributed by atoms with Gasteiger partial charge in [-0.05, 0) is 6.92 Å². The summed E-state index contributed by atoms with van der Waals surface area (Å²) in [6.07, 6.45) is 1.60. The first-order chi connectivity index (χ1) is 6.22. The first kappa shape index (κ1) is 9.66.